The van der Waals surface area contributed by atoms with Crippen molar-refractivity contribution in [3.05, 3.63) is 29.6 Å². The first kappa shape index (κ1) is 12.9. The van der Waals surface area contributed by atoms with Gasteiger partial charge in [0.25, 0.3) is 5.91 Å². The zero-order valence-electron chi connectivity index (χ0n) is 9.57. The monoisotopic (exact) mass is 268 g/mol. The lowest BCUT2D eigenvalue weighted by atomic mass is 10.1. The maximum atomic E-state index is 13.5. The summed E-state index contributed by atoms with van der Waals surface area (Å²) >= 11 is 4.05. The normalized spacial score (nSPS) is 19.2. The number of thiol groups is 1. The van der Waals surface area contributed by atoms with Gasteiger partial charge < -0.3 is 10.6 Å². The first-order valence-corrected chi connectivity index (χ1v) is 6.10. The molecular weight excluding hydrogens is 255 g/mol. The summed E-state index contributed by atoms with van der Waals surface area (Å²) in [4.78, 5) is 23.8. The molecule has 0 spiro atoms. The van der Waals surface area contributed by atoms with Gasteiger partial charge in [0.15, 0.2) is 0 Å². The molecule has 0 aromatic heterocycles. The number of amides is 2. The standard InChI is InChI=1S/C12H13FN2O2S/c13-9-4-3-7(18)6-8(9)11(16)15-10-2-1-5-14-12(10)17/h3-4,6,10,18H,1-2,5H2,(H,14,17)(H,15,16). The van der Waals surface area contributed by atoms with Gasteiger partial charge in [-0.05, 0) is 31.0 Å². The van der Waals surface area contributed by atoms with E-state index in [9.17, 15) is 14.0 Å². The van der Waals surface area contributed by atoms with Crippen LogP contribution in [0, 0.1) is 5.82 Å². The molecule has 2 rings (SSSR count). The molecule has 0 saturated carbocycles. The minimum atomic E-state index is -0.624. The van der Waals surface area contributed by atoms with E-state index in [2.05, 4.69) is 23.3 Å². The highest BCUT2D eigenvalue weighted by Gasteiger charge is 2.25. The Labute approximate surface area is 109 Å². The van der Waals surface area contributed by atoms with Crippen LogP contribution in [0.5, 0.6) is 0 Å². The summed E-state index contributed by atoms with van der Waals surface area (Å²) in [5, 5.41) is 5.18. The molecule has 1 aromatic carbocycles. The Morgan fingerprint density at radius 3 is 3.00 bits per heavy atom. The van der Waals surface area contributed by atoms with Gasteiger partial charge in [-0.2, -0.15) is 0 Å². The van der Waals surface area contributed by atoms with Crippen LogP contribution in [0.4, 0.5) is 4.39 Å². The molecule has 4 nitrogen and oxygen atoms in total. The molecule has 2 amide bonds. The van der Waals surface area contributed by atoms with E-state index in [4.69, 9.17) is 0 Å². The van der Waals surface area contributed by atoms with Crippen molar-refractivity contribution in [1.29, 1.82) is 0 Å². The molecule has 2 N–H and O–H groups in total. The summed E-state index contributed by atoms with van der Waals surface area (Å²) in [5.74, 6) is -1.44. The van der Waals surface area contributed by atoms with Crippen molar-refractivity contribution in [2.45, 2.75) is 23.8 Å². The molecule has 1 aromatic rings. The number of hydrogen-bond donors (Lipinski definition) is 3. The maximum absolute atomic E-state index is 13.5. The van der Waals surface area contributed by atoms with Crippen LogP contribution in [0.1, 0.15) is 23.2 Å². The van der Waals surface area contributed by atoms with Gasteiger partial charge in [0.1, 0.15) is 11.9 Å². The number of hydrogen-bond acceptors (Lipinski definition) is 3. The van der Waals surface area contributed by atoms with Crippen molar-refractivity contribution in [3.8, 4) is 0 Å². The van der Waals surface area contributed by atoms with Gasteiger partial charge in [-0.15, -0.1) is 12.6 Å². The van der Waals surface area contributed by atoms with E-state index in [1.807, 2.05) is 0 Å². The van der Waals surface area contributed by atoms with Gasteiger partial charge in [0.05, 0.1) is 5.56 Å². The van der Waals surface area contributed by atoms with Crippen molar-refractivity contribution in [1.82, 2.24) is 10.6 Å². The molecule has 1 saturated heterocycles. The highest BCUT2D eigenvalue weighted by Crippen LogP contribution is 2.14. The Morgan fingerprint density at radius 2 is 2.28 bits per heavy atom. The van der Waals surface area contributed by atoms with Crippen LogP contribution >= 0.6 is 12.6 Å². The SMILES string of the molecule is O=C(NC1CCCNC1=O)c1cc(S)ccc1F. The predicted molar refractivity (Wildman–Crippen MR) is 67.1 cm³/mol. The number of nitrogens with one attached hydrogen (secondary N) is 2. The number of rotatable bonds is 2. The molecule has 1 unspecified atom stereocenters. The van der Waals surface area contributed by atoms with E-state index < -0.39 is 17.8 Å². The van der Waals surface area contributed by atoms with E-state index >= 15 is 0 Å². The summed E-state index contributed by atoms with van der Waals surface area (Å²) in [6.45, 7) is 0.617. The van der Waals surface area contributed by atoms with Gasteiger partial charge >= 0.3 is 0 Å². The molecule has 1 aliphatic heterocycles. The Morgan fingerprint density at radius 1 is 1.50 bits per heavy atom. The number of piperidine rings is 1. The Balaban J connectivity index is 2.11. The van der Waals surface area contributed by atoms with Gasteiger partial charge in [-0.1, -0.05) is 0 Å². The summed E-state index contributed by atoms with van der Waals surface area (Å²) in [6, 6.07) is 3.39. The van der Waals surface area contributed by atoms with Crippen LogP contribution in [0.2, 0.25) is 0 Å². The highest BCUT2D eigenvalue weighted by molar-refractivity contribution is 7.80. The molecule has 1 heterocycles. The molecule has 6 heteroatoms. The number of benzene rings is 1. The van der Waals surface area contributed by atoms with Crippen molar-refractivity contribution in [2.24, 2.45) is 0 Å². The molecule has 0 bridgehead atoms. The average Bonchev–Trinajstić information content (AvgIpc) is 2.35. The molecule has 96 valence electrons. The van der Waals surface area contributed by atoms with Gasteiger partial charge in [0, 0.05) is 11.4 Å². The molecule has 1 atom stereocenters. The molecular formula is C12H13FN2O2S. The summed E-state index contributed by atoms with van der Waals surface area (Å²) in [5.41, 5.74) is -0.0964. The van der Waals surface area contributed by atoms with Crippen molar-refractivity contribution >= 4 is 24.4 Å². The van der Waals surface area contributed by atoms with Gasteiger partial charge in [-0.25, -0.2) is 4.39 Å². The van der Waals surface area contributed by atoms with Crippen LogP contribution in [-0.2, 0) is 4.79 Å². The van der Waals surface area contributed by atoms with Gasteiger partial charge in [0.2, 0.25) is 5.91 Å². The van der Waals surface area contributed by atoms with Crippen LogP contribution in [-0.4, -0.2) is 24.4 Å². The largest absolute Gasteiger partial charge is 0.354 e. The number of carbonyl (C=O) groups is 2. The zero-order valence-corrected chi connectivity index (χ0v) is 10.5. The predicted octanol–water partition coefficient (Wildman–Crippen LogP) is 1.12. The lowest BCUT2D eigenvalue weighted by Crippen LogP contribution is -2.50. The Bertz CT molecular complexity index is 493. The fourth-order valence-corrected chi connectivity index (χ4v) is 2.04. The summed E-state index contributed by atoms with van der Waals surface area (Å²) in [6.07, 6.45) is 1.37. The van der Waals surface area contributed by atoms with E-state index in [1.54, 1.807) is 0 Å². The smallest absolute Gasteiger partial charge is 0.254 e. The third-order valence-electron chi connectivity index (χ3n) is 2.79. The second kappa shape index (κ2) is 5.39. The second-order valence-electron chi connectivity index (χ2n) is 4.12. The third-order valence-corrected chi connectivity index (χ3v) is 3.06. The second-order valence-corrected chi connectivity index (χ2v) is 4.64. The highest BCUT2D eigenvalue weighted by atomic mass is 32.1. The quantitative estimate of drug-likeness (QED) is 0.704. The van der Waals surface area contributed by atoms with Crippen LogP contribution in [0.25, 0.3) is 0 Å². The Kier molecular flexibility index (Phi) is 3.86. The topological polar surface area (TPSA) is 58.2 Å². The zero-order chi connectivity index (χ0) is 13.1. The fourth-order valence-electron chi connectivity index (χ4n) is 1.83. The average molecular weight is 268 g/mol. The molecule has 1 aliphatic rings. The van der Waals surface area contributed by atoms with E-state index in [-0.39, 0.29) is 11.5 Å². The van der Waals surface area contributed by atoms with E-state index in [0.717, 1.165) is 6.42 Å². The van der Waals surface area contributed by atoms with E-state index in [1.165, 1.54) is 18.2 Å². The first-order valence-electron chi connectivity index (χ1n) is 5.65. The summed E-state index contributed by atoms with van der Waals surface area (Å²) in [7, 11) is 0. The van der Waals surface area contributed by atoms with Gasteiger partial charge in [-0.3, -0.25) is 9.59 Å². The fraction of sp³-hybridized carbons (Fsp3) is 0.333. The first-order chi connectivity index (χ1) is 8.58. The third kappa shape index (κ3) is 2.81. The number of halogens is 1. The van der Waals surface area contributed by atoms with Crippen molar-refractivity contribution < 1.29 is 14.0 Å². The molecule has 18 heavy (non-hydrogen) atoms. The lowest BCUT2D eigenvalue weighted by molar-refractivity contribution is -0.124. The molecule has 0 aliphatic carbocycles. The molecule has 0 radical (unpaired) electrons. The van der Waals surface area contributed by atoms with Crippen LogP contribution < -0.4 is 10.6 Å². The summed E-state index contributed by atoms with van der Waals surface area (Å²) < 4.78 is 13.5. The van der Waals surface area contributed by atoms with Crippen LogP contribution in [0.15, 0.2) is 23.1 Å². The van der Waals surface area contributed by atoms with E-state index in [0.29, 0.717) is 17.9 Å². The van der Waals surface area contributed by atoms with Crippen molar-refractivity contribution in [2.75, 3.05) is 6.54 Å². The van der Waals surface area contributed by atoms with Crippen molar-refractivity contribution in [3.63, 3.8) is 0 Å². The minimum Gasteiger partial charge on any atom is -0.354 e. The van der Waals surface area contributed by atoms with Crippen LogP contribution in [0.3, 0.4) is 0 Å². The number of carbonyl (C=O) groups excluding carboxylic acids is 2. The maximum Gasteiger partial charge on any atom is 0.254 e. The molecule has 1 fully saturated rings. The Hall–Kier alpha value is -1.56. The lowest BCUT2D eigenvalue weighted by Gasteiger charge is -2.22. The minimum absolute atomic E-state index is 0.0964.